The van der Waals surface area contributed by atoms with Gasteiger partial charge >= 0.3 is 0 Å². The Bertz CT molecular complexity index is 806. The molecule has 2 aliphatic rings. The van der Waals surface area contributed by atoms with Crippen LogP contribution in [-0.2, 0) is 0 Å². The summed E-state index contributed by atoms with van der Waals surface area (Å²) in [5, 5.41) is 4.80. The van der Waals surface area contributed by atoms with E-state index < -0.39 is 0 Å². The number of aromatic nitrogens is 3. The topological polar surface area (TPSA) is 63.3 Å². The van der Waals surface area contributed by atoms with Crippen LogP contribution in [0.5, 0.6) is 0 Å². The first-order chi connectivity index (χ1) is 17.0. The van der Waals surface area contributed by atoms with Gasteiger partial charge in [-0.15, -0.1) is 0 Å². The lowest BCUT2D eigenvalue weighted by Crippen LogP contribution is -2.39. The van der Waals surface area contributed by atoms with E-state index in [1.54, 1.807) is 6.33 Å². The number of fused-ring (bicyclic) bond motifs is 1. The Balaban J connectivity index is 0.000000225. The molecule has 7 nitrogen and oxygen atoms in total. The zero-order chi connectivity index (χ0) is 24.9. The van der Waals surface area contributed by atoms with E-state index in [9.17, 15) is 0 Å². The summed E-state index contributed by atoms with van der Waals surface area (Å²) in [5.41, 5.74) is 0.943. The highest BCUT2D eigenvalue weighted by atomic mass is 15.2. The van der Waals surface area contributed by atoms with Crippen molar-refractivity contribution >= 4 is 16.9 Å². The van der Waals surface area contributed by atoms with Gasteiger partial charge in [0.15, 0.2) is 0 Å². The van der Waals surface area contributed by atoms with Crippen LogP contribution >= 0.6 is 0 Å². The summed E-state index contributed by atoms with van der Waals surface area (Å²) in [6.45, 7) is 4.59. The second-order valence-corrected chi connectivity index (χ2v) is 11.0. The highest BCUT2D eigenvalue weighted by molar-refractivity contribution is 5.87. The van der Waals surface area contributed by atoms with Crippen molar-refractivity contribution in [2.45, 2.75) is 89.1 Å². The number of rotatable bonds is 11. The fraction of sp³-hybridized carbons (Fsp3) is 0.786. The van der Waals surface area contributed by atoms with Crippen molar-refractivity contribution in [3.05, 3.63) is 18.6 Å². The normalized spacial score (nSPS) is 17.7. The van der Waals surface area contributed by atoms with Gasteiger partial charge in [-0.25, -0.2) is 9.97 Å². The molecule has 4 rings (SSSR count). The monoisotopic (exact) mass is 485 g/mol. The third-order valence-electron chi connectivity index (χ3n) is 7.45. The van der Waals surface area contributed by atoms with E-state index >= 15 is 0 Å². The molecule has 2 aromatic rings. The van der Waals surface area contributed by atoms with Crippen LogP contribution in [-0.4, -0.2) is 91.2 Å². The lowest BCUT2D eigenvalue weighted by Gasteiger charge is -2.36. The smallest absolute Gasteiger partial charge is 0.142 e. The number of nitrogens with zero attached hydrogens (tertiary/aromatic N) is 5. The molecule has 2 aromatic heterocycles. The van der Waals surface area contributed by atoms with Crippen LogP contribution < -0.4 is 10.2 Å². The lowest BCUT2D eigenvalue weighted by atomic mass is 9.94. The maximum atomic E-state index is 4.63. The number of hydrogen-bond donors (Lipinski definition) is 2. The summed E-state index contributed by atoms with van der Waals surface area (Å²) < 4.78 is 0. The summed E-state index contributed by atoms with van der Waals surface area (Å²) in [5.74, 6) is 1.11. The summed E-state index contributed by atoms with van der Waals surface area (Å²) in [6, 6.07) is 3.56. The Morgan fingerprint density at radius 3 is 2.17 bits per heavy atom. The van der Waals surface area contributed by atoms with Crippen LogP contribution in [0.25, 0.3) is 11.0 Å². The van der Waals surface area contributed by atoms with Gasteiger partial charge in [-0.2, -0.15) is 0 Å². The molecule has 0 bridgehead atoms. The van der Waals surface area contributed by atoms with Crippen molar-refractivity contribution in [1.82, 2.24) is 30.1 Å². The van der Waals surface area contributed by atoms with Crippen LogP contribution in [0, 0.1) is 0 Å². The molecule has 2 fully saturated rings. The quantitative estimate of drug-likeness (QED) is 0.441. The van der Waals surface area contributed by atoms with E-state index in [-0.39, 0.29) is 0 Å². The maximum Gasteiger partial charge on any atom is 0.142 e. The summed E-state index contributed by atoms with van der Waals surface area (Å²) in [4.78, 5) is 19.2. The molecular weight excluding hydrogens is 434 g/mol. The largest absolute Gasteiger partial charge is 0.353 e. The number of nitrogens with one attached hydrogen (secondary N) is 2. The van der Waals surface area contributed by atoms with Crippen LogP contribution in [0.3, 0.4) is 0 Å². The predicted molar refractivity (Wildman–Crippen MR) is 149 cm³/mol. The first kappa shape index (κ1) is 27.9. The molecule has 0 saturated heterocycles. The highest BCUT2D eigenvalue weighted by Crippen LogP contribution is 2.30. The van der Waals surface area contributed by atoms with Crippen molar-refractivity contribution in [2.24, 2.45) is 0 Å². The Morgan fingerprint density at radius 1 is 0.829 bits per heavy atom. The van der Waals surface area contributed by atoms with Crippen molar-refractivity contribution in [1.29, 1.82) is 0 Å². The molecule has 2 N–H and O–H groups in total. The predicted octanol–water partition coefficient (Wildman–Crippen LogP) is 4.91. The molecule has 0 radical (unpaired) electrons. The van der Waals surface area contributed by atoms with Gasteiger partial charge in [-0.05, 0) is 92.4 Å². The second-order valence-electron chi connectivity index (χ2n) is 11.0. The van der Waals surface area contributed by atoms with Crippen LogP contribution in [0.1, 0.15) is 77.0 Å². The van der Waals surface area contributed by atoms with Gasteiger partial charge in [0, 0.05) is 24.8 Å². The standard InChI is InChI=1S/C17H27N5.C11H24N2/c1-21(2)11-6-12-22(14-7-4-3-5-8-14)17-15-9-10-18-16(15)19-13-20-17;1-13(2)10-6-9-12-11-7-4-3-5-8-11/h9-10,13-14H,3-8,11-12H2,1-2H3,(H,18,19,20);11-12H,3-10H2,1-2H3. The van der Waals surface area contributed by atoms with E-state index in [4.69, 9.17) is 0 Å². The number of hydrogen-bond acceptors (Lipinski definition) is 6. The molecule has 2 aliphatic carbocycles. The highest BCUT2D eigenvalue weighted by Gasteiger charge is 2.24. The van der Waals surface area contributed by atoms with Gasteiger partial charge < -0.3 is 25.0 Å². The minimum Gasteiger partial charge on any atom is -0.353 e. The maximum absolute atomic E-state index is 4.63. The van der Waals surface area contributed by atoms with E-state index in [0.717, 1.165) is 36.0 Å². The molecule has 0 spiro atoms. The lowest BCUT2D eigenvalue weighted by molar-refractivity contribution is 0.350. The third kappa shape index (κ3) is 9.70. The zero-order valence-electron chi connectivity index (χ0n) is 22.9. The Labute approximate surface area is 214 Å². The van der Waals surface area contributed by atoms with Gasteiger partial charge in [0.05, 0.1) is 5.39 Å². The third-order valence-corrected chi connectivity index (χ3v) is 7.45. The first-order valence-electron chi connectivity index (χ1n) is 14.1. The van der Waals surface area contributed by atoms with Gasteiger partial charge in [0.2, 0.25) is 0 Å². The molecule has 0 aliphatic heterocycles. The molecular formula is C28H51N7. The summed E-state index contributed by atoms with van der Waals surface area (Å²) in [6.07, 6.45) is 19.9. The Morgan fingerprint density at radius 2 is 1.49 bits per heavy atom. The molecule has 0 atom stereocenters. The van der Waals surface area contributed by atoms with Crippen LogP contribution in [0.15, 0.2) is 18.6 Å². The molecule has 35 heavy (non-hydrogen) atoms. The molecule has 0 amide bonds. The second kappa shape index (κ2) is 15.4. The number of anilines is 1. The molecule has 198 valence electrons. The van der Waals surface area contributed by atoms with Crippen LogP contribution in [0.2, 0.25) is 0 Å². The van der Waals surface area contributed by atoms with Gasteiger partial charge in [0.1, 0.15) is 17.8 Å². The average Bonchev–Trinajstić information content (AvgIpc) is 3.35. The molecule has 2 saturated carbocycles. The van der Waals surface area contributed by atoms with E-state index in [1.165, 1.54) is 90.1 Å². The summed E-state index contributed by atoms with van der Waals surface area (Å²) in [7, 11) is 8.56. The molecule has 0 unspecified atom stereocenters. The molecule has 7 heteroatoms. The minimum atomic E-state index is 0.629. The zero-order valence-corrected chi connectivity index (χ0v) is 22.9. The van der Waals surface area contributed by atoms with Crippen molar-refractivity contribution in [3.63, 3.8) is 0 Å². The van der Waals surface area contributed by atoms with Crippen LogP contribution in [0.4, 0.5) is 5.82 Å². The van der Waals surface area contributed by atoms with Gasteiger partial charge in [-0.3, -0.25) is 0 Å². The number of aromatic amines is 1. The fourth-order valence-corrected chi connectivity index (χ4v) is 5.51. The van der Waals surface area contributed by atoms with Crippen molar-refractivity contribution < 1.29 is 0 Å². The van der Waals surface area contributed by atoms with Gasteiger partial charge in [0.25, 0.3) is 0 Å². The van der Waals surface area contributed by atoms with E-state index in [1.807, 2.05) is 6.20 Å². The fourth-order valence-electron chi connectivity index (χ4n) is 5.51. The molecule has 2 heterocycles. The SMILES string of the molecule is CN(C)CCCN(c1ncnc2[nH]ccc12)C1CCCCC1.CN(C)CCCNC1CCCCC1. The first-order valence-corrected chi connectivity index (χ1v) is 14.1. The van der Waals surface area contributed by atoms with E-state index in [2.05, 4.69) is 69.2 Å². The Kier molecular flexibility index (Phi) is 12.3. The number of H-pyrrole nitrogens is 1. The average molecular weight is 486 g/mol. The molecule has 0 aromatic carbocycles. The van der Waals surface area contributed by atoms with E-state index in [0.29, 0.717) is 6.04 Å². The van der Waals surface area contributed by atoms with Gasteiger partial charge in [-0.1, -0.05) is 38.5 Å². The minimum absolute atomic E-state index is 0.629. The van der Waals surface area contributed by atoms with Crippen molar-refractivity contribution in [3.8, 4) is 0 Å². The van der Waals surface area contributed by atoms with Crippen molar-refractivity contribution in [2.75, 3.05) is 59.3 Å². The summed E-state index contributed by atoms with van der Waals surface area (Å²) >= 11 is 0. The Hall–Kier alpha value is -1.70.